The number of hydrogen-bond donors (Lipinski definition) is 1. The van der Waals surface area contributed by atoms with Gasteiger partial charge in [-0.2, -0.15) is 0 Å². The van der Waals surface area contributed by atoms with E-state index in [0.29, 0.717) is 13.0 Å². The summed E-state index contributed by atoms with van der Waals surface area (Å²) < 4.78 is 10.2. The van der Waals surface area contributed by atoms with Gasteiger partial charge in [0.15, 0.2) is 0 Å². The van der Waals surface area contributed by atoms with Crippen molar-refractivity contribution < 1.29 is 14.3 Å². The third-order valence-corrected chi connectivity index (χ3v) is 2.73. The zero-order valence-corrected chi connectivity index (χ0v) is 11.0. The normalized spacial score (nSPS) is 13.9. The summed E-state index contributed by atoms with van der Waals surface area (Å²) in [5.41, 5.74) is 6.72. The number of methoxy groups -OCH3 is 1. The summed E-state index contributed by atoms with van der Waals surface area (Å²) in [6.07, 6.45) is 1.06. The minimum atomic E-state index is -0.577. The highest BCUT2D eigenvalue weighted by Gasteiger charge is 2.18. The van der Waals surface area contributed by atoms with Gasteiger partial charge >= 0.3 is 5.97 Å². The van der Waals surface area contributed by atoms with Gasteiger partial charge in [0.2, 0.25) is 0 Å². The van der Waals surface area contributed by atoms with Gasteiger partial charge in [-0.15, -0.1) is 0 Å². The van der Waals surface area contributed by atoms with E-state index in [-0.39, 0.29) is 12.1 Å². The first-order valence-corrected chi connectivity index (χ1v) is 6.15. The van der Waals surface area contributed by atoms with Gasteiger partial charge in [0, 0.05) is 13.7 Å². The van der Waals surface area contributed by atoms with Gasteiger partial charge < -0.3 is 15.2 Å². The first kappa shape index (κ1) is 14.7. The topological polar surface area (TPSA) is 61.5 Å². The monoisotopic (exact) mass is 251 g/mol. The highest BCUT2D eigenvalue weighted by Crippen LogP contribution is 2.16. The van der Waals surface area contributed by atoms with E-state index in [1.54, 1.807) is 7.11 Å². The molecular weight excluding hydrogens is 230 g/mol. The lowest BCUT2D eigenvalue weighted by Crippen LogP contribution is -2.33. The Balaban J connectivity index is 2.39. The van der Waals surface area contributed by atoms with E-state index in [0.717, 1.165) is 12.0 Å². The molecule has 0 heterocycles. The number of ether oxygens (including phenoxy) is 2. The van der Waals surface area contributed by atoms with Crippen molar-refractivity contribution in [2.45, 2.75) is 31.9 Å². The van der Waals surface area contributed by atoms with Crippen molar-refractivity contribution in [3.05, 3.63) is 35.9 Å². The van der Waals surface area contributed by atoms with Crippen LogP contribution in [0.2, 0.25) is 0 Å². The molecule has 0 spiro atoms. The number of carbonyl (C=O) groups is 1. The van der Waals surface area contributed by atoms with E-state index in [2.05, 4.69) is 0 Å². The predicted molar refractivity (Wildman–Crippen MR) is 70.0 cm³/mol. The average molecular weight is 251 g/mol. The Bertz CT molecular complexity index is 353. The van der Waals surface area contributed by atoms with Gasteiger partial charge in [-0.05, 0) is 25.3 Å². The number of nitrogens with two attached hydrogens (primary N) is 1. The highest BCUT2D eigenvalue weighted by molar-refractivity contribution is 5.75. The molecule has 4 heteroatoms. The minimum Gasteiger partial charge on any atom is -0.457 e. The summed E-state index contributed by atoms with van der Waals surface area (Å²) in [4.78, 5) is 11.7. The van der Waals surface area contributed by atoms with Crippen LogP contribution in [0.5, 0.6) is 0 Å². The van der Waals surface area contributed by atoms with Gasteiger partial charge in [0.1, 0.15) is 12.1 Å². The number of hydrogen-bond acceptors (Lipinski definition) is 4. The number of benzene rings is 1. The lowest BCUT2D eigenvalue weighted by Gasteiger charge is -2.17. The van der Waals surface area contributed by atoms with E-state index >= 15 is 0 Å². The maximum Gasteiger partial charge on any atom is 0.323 e. The summed E-state index contributed by atoms with van der Waals surface area (Å²) in [7, 11) is 1.63. The van der Waals surface area contributed by atoms with Crippen LogP contribution in [-0.4, -0.2) is 25.7 Å². The summed E-state index contributed by atoms with van der Waals surface area (Å²) >= 11 is 0. The lowest BCUT2D eigenvalue weighted by atomic mass is 10.1. The molecule has 0 saturated heterocycles. The molecule has 0 aliphatic carbocycles. The van der Waals surface area contributed by atoms with Crippen molar-refractivity contribution in [1.29, 1.82) is 0 Å². The lowest BCUT2D eigenvalue weighted by molar-refractivity contribution is -0.150. The number of carbonyl (C=O) groups excluding carboxylic acids is 1. The molecule has 2 unspecified atom stereocenters. The maximum absolute atomic E-state index is 11.7. The molecule has 2 atom stereocenters. The summed E-state index contributed by atoms with van der Waals surface area (Å²) in [6, 6.07) is 9.03. The molecule has 1 aromatic carbocycles. The maximum atomic E-state index is 11.7. The van der Waals surface area contributed by atoms with Crippen LogP contribution in [0.4, 0.5) is 0 Å². The molecule has 1 rings (SSSR count). The van der Waals surface area contributed by atoms with Crippen LogP contribution in [-0.2, 0) is 14.3 Å². The van der Waals surface area contributed by atoms with Crippen LogP contribution < -0.4 is 5.73 Å². The van der Waals surface area contributed by atoms with Gasteiger partial charge in [0.05, 0.1) is 0 Å². The van der Waals surface area contributed by atoms with Crippen LogP contribution in [0.25, 0.3) is 0 Å². The fraction of sp³-hybridized carbons (Fsp3) is 0.500. The Morgan fingerprint density at radius 3 is 2.61 bits per heavy atom. The standard InChI is InChI=1S/C14H21NO3/c1-11(12-7-4-3-5-8-12)18-14(16)13(15)9-6-10-17-2/h3-5,7-8,11,13H,6,9-10,15H2,1-2H3. The summed E-state index contributed by atoms with van der Waals surface area (Å²) in [6.45, 7) is 2.45. The van der Waals surface area contributed by atoms with Gasteiger partial charge in [-0.3, -0.25) is 4.79 Å². The van der Waals surface area contributed by atoms with Crippen LogP contribution in [0.1, 0.15) is 31.4 Å². The second-order valence-corrected chi connectivity index (χ2v) is 4.23. The van der Waals surface area contributed by atoms with Crippen LogP contribution in [0.15, 0.2) is 30.3 Å². The van der Waals surface area contributed by atoms with Crippen molar-refractivity contribution in [1.82, 2.24) is 0 Å². The number of esters is 1. The largest absolute Gasteiger partial charge is 0.457 e. The smallest absolute Gasteiger partial charge is 0.323 e. The van der Waals surface area contributed by atoms with E-state index < -0.39 is 6.04 Å². The highest BCUT2D eigenvalue weighted by atomic mass is 16.5. The predicted octanol–water partition coefficient (Wildman–Crippen LogP) is 2.04. The molecule has 0 aliphatic rings. The molecule has 100 valence electrons. The quantitative estimate of drug-likeness (QED) is 0.595. The average Bonchev–Trinajstić information content (AvgIpc) is 2.39. The minimum absolute atomic E-state index is 0.271. The number of rotatable bonds is 7. The van der Waals surface area contributed by atoms with Gasteiger partial charge in [-0.25, -0.2) is 0 Å². The van der Waals surface area contributed by atoms with E-state index in [1.165, 1.54) is 0 Å². The van der Waals surface area contributed by atoms with E-state index in [4.69, 9.17) is 15.2 Å². The Kier molecular flexibility index (Phi) is 6.39. The molecule has 0 aromatic heterocycles. The van der Waals surface area contributed by atoms with E-state index in [1.807, 2.05) is 37.3 Å². The first-order valence-electron chi connectivity index (χ1n) is 6.15. The zero-order valence-electron chi connectivity index (χ0n) is 11.0. The van der Waals surface area contributed by atoms with Crippen molar-refractivity contribution in [2.75, 3.05) is 13.7 Å². The molecular formula is C14H21NO3. The Labute approximate surface area is 108 Å². The van der Waals surface area contributed by atoms with E-state index in [9.17, 15) is 4.79 Å². The third-order valence-electron chi connectivity index (χ3n) is 2.73. The molecule has 0 radical (unpaired) electrons. The van der Waals surface area contributed by atoms with Crippen LogP contribution >= 0.6 is 0 Å². The van der Waals surface area contributed by atoms with Crippen molar-refractivity contribution in [3.63, 3.8) is 0 Å². The third kappa shape index (κ3) is 4.85. The Morgan fingerprint density at radius 1 is 1.33 bits per heavy atom. The molecule has 18 heavy (non-hydrogen) atoms. The molecule has 1 aromatic rings. The van der Waals surface area contributed by atoms with Crippen molar-refractivity contribution in [3.8, 4) is 0 Å². The van der Waals surface area contributed by atoms with Gasteiger partial charge in [-0.1, -0.05) is 30.3 Å². The van der Waals surface area contributed by atoms with Crippen molar-refractivity contribution in [2.24, 2.45) is 5.73 Å². The zero-order chi connectivity index (χ0) is 13.4. The first-order chi connectivity index (χ1) is 8.65. The fourth-order valence-electron chi connectivity index (χ4n) is 1.62. The Morgan fingerprint density at radius 2 is 2.00 bits per heavy atom. The molecule has 0 amide bonds. The second kappa shape index (κ2) is 7.84. The SMILES string of the molecule is COCCCC(N)C(=O)OC(C)c1ccccc1. The summed E-state index contributed by atoms with van der Waals surface area (Å²) in [5.74, 6) is -0.359. The van der Waals surface area contributed by atoms with Crippen molar-refractivity contribution >= 4 is 5.97 Å². The van der Waals surface area contributed by atoms with Gasteiger partial charge in [0.25, 0.3) is 0 Å². The molecule has 0 saturated carbocycles. The molecule has 0 aliphatic heterocycles. The second-order valence-electron chi connectivity index (χ2n) is 4.23. The van der Waals surface area contributed by atoms with Crippen LogP contribution in [0.3, 0.4) is 0 Å². The molecule has 2 N–H and O–H groups in total. The fourth-order valence-corrected chi connectivity index (χ4v) is 1.62. The van der Waals surface area contributed by atoms with Crippen LogP contribution in [0, 0.1) is 0 Å². The Hall–Kier alpha value is -1.39. The summed E-state index contributed by atoms with van der Waals surface area (Å²) in [5, 5.41) is 0. The molecule has 0 bridgehead atoms. The molecule has 4 nitrogen and oxygen atoms in total. The molecule has 0 fully saturated rings.